The van der Waals surface area contributed by atoms with Gasteiger partial charge in [0.25, 0.3) is 0 Å². The minimum atomic E-state index is -0.544. The van der Waals surface area contributed by atoms with Gasteiger partial charge in [0.1, 0.15) is 19.0 Å². The summed E-state index contributed by atoms with van der Waals surface area (Å²) in [4.78, 5) is 44.2. The largest absolute Gasteiger partial charge is 0.462 e. The molecular formula is C13H22N2O6. The van der Waals surface area contributed by atoms with E-state index in [0.29, 0.717) is 13.1 Å². The van der Waals surface area contributed by atoms with Crippen molar-refractivity contribution in [3.8, 4) is 0 Å². The predicted octanol–water partition coefficient (Wildman–Crippen LogP) is -0.703. The number of amides is 1. The molecule has 1 amide bonds. The Kier molecular flexibility index (Phi) is 10.7. The van der Waals surface area contributed by atoms with Crippen molar-refractivity contribution in [2.45, 2.75) is 32.6 Å². The second-order valence-electron chi connectivity index (χ2n) is 4.28. The molecule has 0 atom stereocenters. The fourth-order valence-electron chi connectivity index (χ4n) is 1.25. The summed E-state index contributed by atoms with van der Waals surface area (Å²) in [5.41, 5.74) is 5.21. The van der Waals surface area contributed by atoms with Crippen LogP contribution in [-0.4, -0.2) is 49.9 Å². The van der Waals surface area contributed by atoms with Gasteiger partial charge in [0.05, 0.1) is 12.8 Å². The Morgan fingerprint density at radius 3 is 1.90 bits per heavy atom. The van der Waals surface area contributed by atoms with Gasteiger partial charge in [-0.3, -0.25) is 14.4 Å². The van der Waals surface area contributed by atoms with Crippen molar-refractivity contribution >= 4 is 23.6 Å². The number of nitrogens with two attached hydrogens (primary N) is 1. The minimum Gasteiger partial charge on any atom is -0.462 e. The van der Waals surface area contributed by atoms with Crippen LogP contribution in [0.5, 0.6) is 0 Å². The maximum atomic E-state index is 11.3. The third kappa shape index (κ3) is 12.8. The Morgan fingerprint density at radius 1 is 0.905 bits per heavy atom. The fourth-order valence-corrected chi connectivity index (χ4v) is 1.25. The van der Waals surface area contributed by atoms with Gasteiger partial charge in [0.2, 0.25) is 5.91 Å². The molecule has 8 nitrogen and oxygen atoms in total. The summed E-state index contributed by atoms with van der Waals surface area (Å²) in [6.07, 6.45) is 0.132. The maximum absolute atomic E-state index is 11.3. The molecule has 0 rings (SSSR count). The van der Waals surface area contributed by atoms with Crippen LogP contribution in [0.1, 0.15) is 32.6 Å². The summed E-state index contributed by atoms with van der Waals surface area (Å²) in [6, 6.07) is 0. The van der Waals surface area contributed by atoms with Crippen LogP contribution < -0.4 is 11.1 Å². The lowest BCUT2D eigenvalue weighted by molar-refractivity contribution is -0.152. The first-order valence-electron chi connectivity index (χ1n) is 6.73. The molecule has 0 saturated heterocycles. The van der Waals surface area contributed by atoms with Crippen LogP contribution >= 0.6 is 0 Å². The summed E-state index contributed by atoms with van der Waals surface area (Å²) in [7, 11) is 0. The molecule has 0 aliphatic heterocycles. The summed E-state index contributed by atoms with van der Waals surface area (Å²) >= 11 is 0. The van der Waals surface area contributed by atoms with Crippen molar-refractivity contribution in [3.63, 3.8) is 0 Å². The van der Waals surface area contributed by atoms with Crippen molar-refractivity contribution in [3.05, 3.63) is 0 Å². The quantitative estimate of drug-likeness (QED) is 0.382. The molecule has 0 aliphatic rings. The highest BCUT2D eigenvalue weighted by Gasteiger charge is 2.08. The molecule has 0 aliphatic carbocycles. The molecule has 0 aromatic rings. The second-order valence-corrected chi connectivity index (χ2v) is 4.28. The van der Waals surface area contributed by atoms with Gasteiger partial charge in [0, 0.05) is 25.9 Å². The van der Waals surface area contributed by atoms with Gasteiger partial charge >= 0.3 is 11.9 Å². The number of nitrogens with one attached hydrogen (secondary N) is 1. The second kappa shape index (κ2) is 11.8. The Morgan fingerprint density at radius 2 is 1.43 bits per heavy atom. The number of ketones is 1. The van der Waals surface area contributed by atoms with Crippen molar-refractivity contribution in [2.75, 3.05) is 26.3 Å². The van der Waals surface area contributed by atoms with Crippen LogP contribution in [0.4, 0.5) is 0 Å². The molecule has 0 spiro atoms. The Balaban J connectivity index is 3.55. The van der Waals surface area contributed by atoms with Crippen LogP contribution in [0, 0.1) is 0 Å². The molecule has 0 unspecified atom stereocenters. The minimum absolute atomic E-state index is 0.0184. The Labute approximate surface area is 123 Å². The highest BCUT2D eigenvalue weighted by atomic mass is 16.6. The van der Waals surface area contributed by atoms with E-state index >= 15 is 0 Å². The topological polar surface area (TPSA) is 125 Å². The smallest absolute Gasteiger partial charge is 0.306 e. The van der Waals surface area contributed by atoms with Crippen molar-refractivity contribution in [1.82, 2.24) is 5.32 Å². The monoisotopic (exact) mass is 302 g/mol. The first-order chi connectivity index (χ1) is 9.95. The standard InChI is InChI=1S/C13H22N2O6/c1-10(16)2-4-12(18)20-8-9-21-13(19)5-3-11(17)15-7-6-14/h2-9,14H2,1H3,(H,15,17). The van der Waals surface area contributed by atoms with E-state index < -0.39 is 11.9 Å². The van der Waals surface area contributed by atoms with Gasteiger partial charge in [-0.1, -0.05) is 0 Å². The van der Waals surface area contributed by atoms with E-state index in [0.717, 1.165) is 0 Å². The molecule has 0 aromatic carbocycles. The molecule has 0 heterocycles. The number of ether oxygens (including phenoxy) is 2. The van der Waals surface area contributed by atoms with Crippen molar-refractivity contribution < 1.29 is 28.7 Å². The van der Waals surface area contributed by atoms with Gasteiger partial charge in [0.15, 0.2) is 0 Å². The predicted molar refractivity (Wildman–Crippen MR) is 73.1 cm³/mol. The lowest BCUT2D eigenvalue weighted by Crippen LogP contribution is -2.29. The zero-order valence-corrected chi connectivity index (χ0v) is 12.2. The van der Waals surface area contributed by atoms with E-state index in [2.05, 4.69) is 5.32 Å². The maximum Gasteiger partial charge on any atom is 0.306 e. The molecule has 0 radical (unpaired) electrons. The molecule has 21 heavy (non-hydrogen) atoms. The van der Waals surface area contributed by atoms with Gasteiger partial charge < -0.3 is 25.3 Å². The lowest BCUT2D eigenvalue weighted by atomic mass is 10.2. The van der Waals surface area contributed by atoms with Gasteiger partial charge in [-0.05, 0) is 6.92 Å². The van der Waals surface area contributed by atoms with E-state index in [9.17, 15) is 19.2 Å². The highest BCUT2D eigenvalue weighted by Crippen LogP contribution is 1.96. The fraction of sp³-hybridized carbons (Fsp3) is 0.692. The van der Waals surface area contributed by atoms with Crippen LogP contribution in [-0.2, 0) is 28.7 Å². The zero-order chi connectivity index (χ0) is 16.1. The molecule has 0 saturated carbocycles. The molecule has 120 valence electrons. The normalized spacial score (nSPS) is 9.81. The Bertz CT molecular complexity index is 370. The number of carbonyl (C=O) groups is 4. The summed E-state index contributed by atoms with van der Waals surface area (Å²) in [5.74, 6) is -1.42. The first-order valence-corrected chi connectivity index (χ1v) is 6.73. The van der Waals surface area contributed by atoms with E-state index in [1.54, 1.807) is 0 Å². The number of carbonyl (C=O) groups excluding carboxylic acids is 4. The molecule has 3 N–H and O–H groups in total. The third-order valence-electron chi connectivity index (χ3n) is 2.31. The van der Waals surface area contributed by atoms with Gasteiger partial charge in [-0.25, -0.2) is 0 Å². The number of hydrogen-bond acceptors (Lipinski definition) is 7. The number of hydrogen-bond donors (Lipinski definition) is 2. The van der Waals surface area contributed by atoms with Gasteiger partial charge in [-0.2, -0.15) is 0 Å². The SMILES string of the molecule is CC(=O)CCC(=O)OCCOC(=O)CCC(=O)NCCN. The summed E-state index contributed by atoms with van der Waals surface area (Å²) < 4.78 is 9.55. The van der Waals surface area contributed by atoms with E-state index in [1.165, 1.54) is 6.92 Å². The zero-order valence-electron chi connectivity index (χ0n) is 12.2. The third-order valence-corrected chi connectivity index (χ3v) is 2.31. The summed E-state index contributed by atoms with van der Waals surface area (Å²) in [5, 5.41) is 2.52. The van der Waals surface area contributed by atoms with Crippen molar-refractivity contribution in [2.24, 2.45) is 5.73 Å². The highest BCUT2D eigenvalue weighted by molar-refractivity contribution is 5.81. The first kappa shape index (κ1) is 19.0. The van der Waals surface area contributed by atoms with Crippen LogP contribution in [0.2, 0.25) is 0 Å². The summed E-state index contributed by atoms with van der Waals surface area (Å²) in [6.45, 7) is 1.95. The lowest BCUT2D eigenvalue weighted by Gasteiger charge is -2.06. The van der Waals surface area contributed by atoms with Crippen LogP contribution in [0.15, 0.2) is 0 Å². The van der Waals surface area contributed by atoms with Crippen LogP contribution in [0.25, 0.3) is 0 Å². The van der Waals surface area contributed by atoms with E-state index in [-0.39, 0.29) is 50.6 Å². The van der Waals surface area contributed by atoms with E-state index in [1.807, 2.05) is 0 Å². The average Bonchev–Trinajstić information content (AvgIpc) is 2.45. The van der Waals surface area contributed by atoms with E-state index in [4.69, 9.17) is 15.2 Å². The number of rotatable bonds is 11. The molecule has 0 fully saturated rings. The average molecular weight is 302 g/mol. The number of Topliss-reactive ketones (excluding diaryl/α,β-unsaturated/α-hetero) is 1. The molecule has 0 bridgehead atoms. The van der Waals surface area contributed by atoms with Crippen molar-refractivity contribution in [1.29, 1.82) is 0 Å². The molecule has 0 aromatic heterocycles. The van der Waals surface area contributed by atoms with Gasteiger partial charge in [-0.15, -0.1) is 0 Å². The molecule has 8 heteroatoms. The molecular weight excluding hydrogens is 280 g/mol. The Hall–Kier alpha value is -1.96. The number of esters is 2. The van der Waals surface area contributed by atoms with Crippen LogP contribution in [0.3, 0.4) is 0 Å².